The number of rotatable bonds is 3. The van der Waals surface area contributed by atoms with E-state index in [0.29, 0.717) is 5.69 Å². The minimum atomic E-state index is -0.0248. The maximum atomic E-state index is 12.4. The maximum absolute atomic E-state index is 12.4. The highest BCUT2D eigenvalue weighted by atomic mass is 16.3. The summed E-state index contributed by atoms with van der Waals surface area (Å²) < 4.78 is 0. The van der Waals surface area contributed by atoms with Crippen molar-refractivity contribution in [3.63, 3.8) is 0 Å². The zero-order chi connectivity index (χ0) is 16.0. The van der Waals surface area contributed by atoms with Gasteiger partial charge in [0.05, 0.1) is 5.69 Å². The number of aromatic hydroxyl groups is 1. The Hall–Kier alpha value is -1.97. The van der Waals surface area contributed by atoms with E-state index in [1.54, 1.807) is 30.4 Å². The lowest BCUT2D eigenvalue weighted by molar-refractivity contribution is -0.122. The third-order valence-corrected chi connectivity index (χ3v) is 5.91. The second-order valence-electron chi connectivity index (χ2n) is 7.84. The first-order valence-electron chi connectivity index (χ1n) is 8.60. The number of hydrogen-bond donors (Lipinski definition) is 3. The van der Waals surface area contributed by atoms with Crippen LogP contribution in [0.2, 0.25) is 0 Å². The van der Waals surface area contributed by atoms with E-state index in [1.165, 1.54) is 19.3 Å². The molecule has 0 unspecified atom stereocenters. The predicted octanol–water partition coefficient (Wildman–Crippen LogP) is 3.07. The van der Waals surface area contributed by atoms with Gasteiger partial charge in [0, 0.05) is 11.6 Å². The van der Waals surface area contributed by atoms with Gasteiger partial charge >= 0.3 is 0 Å². The number of phenolic OH excluding ortho intramolecular Hbond substituents is 1. The molecule has 4 saturated carbocycles. The van der Waals surface area contributed by atoms with Gasteiger partial charge in [-0.05, 0) is 80.1 Å². The molecule has 4 nitrogen and oxygen atoms in total. The van der Waals surface area contributed by atoms with Crippen LogP contribution >= 0.6 is 0 Å². The second kappa shape index (κ2) is 5.29. The molecule has 23 heavy (non-hydrogen) atoms. The summed E-state index contributed by atoms with van der Waals surface area (Å²) in [5.74, 6) is 2.48. The van der Waals surface area contributed by atoms with Crippen LogP contribution in [0.3, 0.4) is 0 Å². The smallest absolute Gasteiger partial charge is 0.244 e. The van der Waals surface area contributed by atoms with Crippen molar-refractivity contribution in [3.8, 4) is 5.75 Å². The molecular formula is C19H24N2O2. The van der Waals surface area contributed by atoms with Crippen molar-refractivity contribution >= 4 is 17.7 Å². The summed E-state index contributed by atoms with van der Waals surface area (Å²) in [7, 11) is 0. The van der Waals surface area contributed by atoms with Gasteiger partial charge in [-0.3, -0.25) is 4.79 Å². The summed E-state index contributed by atoms with van der Waals surface area (Å²) in [5.41, 5.74) is 6.75. The molecule has 122 valence electrons. The molecule has 4 N–H and O–H groups in total. The quantitative estimate of drug-likeness (QED) is 0.456. The zero-order valence-corrected chi connectivity index (χ0v) is 13.3. The van der Waals surface area contributed by atoms with Gasteiger partial charge < -0.3 is 16.2 Å². The van der Waals surface area contributed by atoms with E-state index < -0.39 is 0 Å². The summed E-state index contributed by atoms with van der Waals surface area (Å²) in [6.07, 6.45) is 10.9. The zero-order valence-electron chi connectivity index (χ0n) is 13.3. The van der Waals surface area contributed by atoms with Crippen molar-refractivity contribution in [1.29, 1.82) is 0 Å². The van der Waals surface area contributed by atoms with E-state index in [-0.39, 0.29) is 17.2 Å². The van der Waals surface area contributed by atoms with Crippen molar-refractivity contribution in [2.24, 2.45) is 17.8 Å². The molecule has 0 heterocycles. The molecule has 4 heteroatoms. The third kappa shape index (κ3) is 2.82. The largest absolute Gasteiger partial charge is 0.506 e. The summed E-state index contributed by atoms with van der Waals surface area (Å²) >= 11 is 0. The first-order chi connectivity index (χ1) is 11.0. The van der Waals surface area contributed by atoms with Gasteiger partial charge in [-0.1, -0.05) is 6.07 Å². The highest BCUT2D eigenvalue weighted by molar-refractivity contribution is 5.92. The highest BCUT2D eigenvalue weighted by Crippen LogP contribution is 2.55. The lowest BCUT2D eigenvalue weighted by Gasteiger charge is -2.56. The van der Waals surface area contributed by atoms with E-state index >= 15 is 0 Å². The van der Waals surface area contributed by atoms with Crippen LogP contribution in [0.4, 0.5) is 5.69 Å². The topological polar surface area (TPSA) is 75.4 Å². The van der Waals surface area contributed by atoms with Crippen LogP contribution in [-0.4, -0.2) is 16.6 Å². The number of amides is 1. The van der Waals surface area contributed by atoms with Gasteiger partial charge in [-0.15, -0.1) is 0 Å². The van der Waals surface area contributed by atoms with Crippen LogP contribution < -0.4 is 11.1 Å². The predicted molar refractivity (Wildman–Crippen MR) is 90.6 cm³/mol. The number of carbonyl (C=O) groups excluding carboxylic acids is 1. The van der Waals surface area contributed by atoms with Crippen molar-refractivity contribution in [1.82, 2.24) is 5.32 Å². The molecule has 0 spiro atoms. The van der Waals surface area contributed by atoms with Crippen LogP contribution in [-0.2, 0) is 4.79 Å². The monoisotopic (exact) mass is 312 g/mol. The summed E-state index contributed by atoms with van der Waals surface area (Å²) in [6.45, 7) is 0. The third-order valence-electron chi connectivity index (χ3n) is 5.91. The van der Waals surface area contributed by atoms with E-state index in [2.05, 4.69) is 5.32 Å². The number of nitrogen functional groups attached to an aromatic ring is 1. The second-order valence-corrected chi connectivity index (χ2v) is 7.84. The van der Waals surface area contributed by atoms with Crippen LogP contribution in [0.15, 0.2) is 24.3 Å². The van der Waals surface area contributed by atoms with Crippen molar-refractivity contribution < 1.29 is 9.90 Å². The van der Waals surface area contributed by atoms with Gasteiger partial charge in [0.25, 0.3) is 0 Å². The number of benzene rings is 1. The molecule has 1 amide bonds. The van der Waals surface area contributed by atoms with Gasteiger partial charge in [-0.25, -0.2) is 0 Å². The molecular weight excluding hydrogens is 288 g/mol. The molecule has 0 aliphatic heterocycles. The minimum Gasteiger partial charge on any atom is -0.506 e. The van der Waals surface area contributed by atoms with E-state index in [0.717, 1.165) is 42.6 Å². The van der Waals surface area contributed by atoms with Crippen molar-refractivity contribution in [3.05, 3.63) is 29.8 Å². The number of hydrogen-bond acceptors (Lipinski definition) is 3. The Morgan fingerprint density at radius 1 is 1.17 bits per heavy atom. The summed E-state index contributed by atoms with van der Waals surface area (Å²) in [5, 5.41) is 12.9. The fraction of sp³-hybridized carbons (Fsp3) is 0.526. The molecule has 1 aromatic rings. The standard InChI is InChI=1S/C19H24N2O2/c20-16-3-1-12(8-17(16)22)2-4-18(23)21-19-9-13-5-14(10-19)7-15(6-13)11-19/h1-4,8,13-15,22H,5-7,9-11,20H2,(H,21,23). The Bertz CT molecular complexity index is 630. The Balaban J connectivity index is 1.44. The lowest BCUT2D eigenvalue weighted by atomic mass is 9.53. The van der Waals surface area contributed by atoms with Crippen molar-refractivity contribution in [2.75, 3.05) is 5.73 Å². The molecule has 0 atom stereocenters. The Labute approximate surface area is 136 Å². The van der Waals surface area contributed by atoms with Crippen LogP contribution in [0.25, 0.3) is 6.08 Å². The minimum absolute atomic E-state index is 0.0248. The average molecular weight is 312 g/mol. The normalized spacial score (nSPS) is 34.9. The first kappa shape index (κ1) is 14.6. The van der Waals surface area contributed by atoms with Gasteiger partial charge in [0.1, 0.15) is 5.75 Å². The number of nitrogens with two attached hydrogens (primary N) is 1. The van der Waals surface area contributed by atoms with Gasteiger partial charge in [0.2, 0.25) is 5.91 Å². The number of carbonyl (C=O) groups is 1. The summed E-state index contributed by atoms with van der Waals surface area (Å²) in [6, 6.07) is 5.01. The number of anilines is 1. The fourth-order valence-corrected chi connectivity index (χ4v) is 5.40. The molecule has 0 aromatic heterocycles. The Kier molecular flexibility index (Phi) is 3.36. The average Bonchev–Trinajstić information content (AvgIpc) is 2.46. The molecule has 4 aliphatic rings. The molecule has 0 saturated heterocycles. The molecule has 4 aliphatic carbocycles. The number of phenols is 1. The molecule has 5 rings (SSSR count). The van der Waals surface area contributed by atoms with Crippen molar-refractivity contribution in [2.45, 2.75) is 44.1 Å². The van der Waals surface area contributed by atoms with Crippen LogP contribution in [0, 0.1) is 17.8 Å². The van der Waals surface area contributed by atoms with E-state index in [4.69, 9.17) is 5.73 Å². The molecule has 4 fully saturated rings. The molecule has 4 bridgehead atoms. The van der Waals surface area contributed by atoms with Crippen LogP contribution in [0.1, 0.15) is 44.1 Å². The first-order valence-corrected chi connectivity index (χ1v) is 8.60. The highest BCUT2D eigenvalue weighted by Gasteiger charge is 2.51. The molecule has 1 aromatic carbocycles. The van der Waals surface area contributed by atoms with Gasteiger partial charge in [0.15, 0.2) is 0 Å². The fourth-order valence-electron chi connectivity index (χ4n) is 5.40. The van der Waals surface area contributed by atoms with E-state index in [1.807, 2.05) is 0 Å². The maximum Gasteiger partial charge on any atom is 0.244 e. The van der Waals surface area contributed by atoms with Gasteiger partial charge in [-0.2, -0.15) is 0 Å². The SMILES string of the molecule is Nc1ccc(C=CC(=O)NC23CC4CC(CC(C4)C2)C3)cc1O. The lowest BCUT2D eigenvalue weighted by Crippen LogP contribution is -2.59. The molecule has 0 radical (unpaired) electrons. The van der Waals surface area contributed by atoms with E-state index in [9.17, 15) is 9.90 Å². The number of nitrogens with one attached hydrogen (secondary N) is 1. The summed E-state index contributed by atoms with van der Waals surface area (Å²) in [4.78, 5) is 12.4. The Morgan fingerprint density at radius 2 is 1.78 bits per heavy atom. The van der Waals surface area contributed by atoms with Crippen LogP contribution in [0.5, 0.6) is 5.75 Å². The Morgan fingerprint density at radius 3 is 2.35 bits per heavy atom.